The number of rotatable bonds is 34. The van der Waals surface area contributed by atoms with E-state index in [9.17, 15) is 43.2 Å². The first-order chi connectivity index (χ1) is 53.6. The number of alkyl halides is 5. The fourth-order valence-corrected chi connectivity index (χ4v) is 19.8. The number of carboxylic acid groups (broad SMARTS) is 2. The lowest BCUT2D eigenvalue weighted by Crippen LogP contribution is -2.55. The van der Waals surface area contributed by atoms with Gasteiger partial charge in [0.1, 0.15) is 69.3 Å². The average Bonchev–Trinajstić information content (AvgIpc) is 0.870. The van der Waals surface area contributed by atoms with Crippen LogP contribution in [0.1, 0.15) is 196 Å². The molecule has 4 atom stereocenters. The van der Waals surface area contributed by atoms with Crippen LogP contribution in [0.3, 0.4) is 0 Å². The van der Waals surface area contributed by atoms with Gasteiger partial charge in [-0.05, 0) is 156 Å². The van der Waals surface area contributed by atoms with Crippen molar-refractivity contribution in [2.24, 2.45) is 22.7 Å². The fourth-order valence-electron chi connectivity index (χ4n) is 7.04. The molecule has 21 nitrogen and oxygen atoms in total. The van der Waals surface area contributed by atoms with Crippen LogP contribution in [-0.4, -0.2) is 208 Å². The van der Waals surface area contributed by atoms with Gasteiger partial charge in [0.15, 0.2) is 7.38 Å². The predicted molar refractivity (Wildman–Crippen MR) is 560 cm³/mol. The molecule has 121 heavy (non-hydrogen) atoms. The molecule has 38 heteroatoms. The Morgan fingerprint density at radius 2 is 0.826 bits per heavy atom. The van der Waals surface area contributed by atoms with Crippen LogP contribution in [0.2, 0.25) is 123 Å². The van der Waals surface area contributed by atoms with Crippen LogP contribution in [0.25, 0.3) is 0 Å². The molecule has 0 amide bonds. The maximum atomic E-state index is 12.1. The van der Waals surface area contributed by atoms with Crippen LogP contribution in [-0.2, 0) is 80.7 Å². The summed E-state index contributed by atoms with van der Waals surface area (Å²) in [5.74, 6) is -4.58. The molecule has 0 aliphatic rings. The maximum absolute atomic E-state index is 12.1. The van der Waals surface area contributed by atoms with Gasteiger partial charge in [-0.1, -0.05) is 286 Å². The summed E-state index contributed by atoms with van der Waals surface area (Å²) in [5.41, 5.74) is -0.187. The largest absolute Gasteiger partial charge is 0.519 e. The predicted octanol–water partition coefficient (Wildman–Crippen LogP) is 26.1. The summed E-state index contributed by atoms with van der Waals surface area (Å²) in [6.07, 6.45) is 12.3. The number of carbonyl (C=O) groups is 9. The number of aliphatic carboxylic acids is 2. The first-order valence-electron chi connectivity index (χ1n) is 40.4. The first-order valence-corrected chi connectivity index (χ1v) is 71.3. The van der Waals surface area contributed by atoms with Gasteiger partial charge in [0.05, 0.1) is 51.5 Å². The molecule has 0 aromatic heterocycles. The van der Waals surface area contributed by atoms with Crippen LogP contribution >= 0.6 is 136 Å². The third kappa shape index (κ3) is 151. The molecule has 0 radical (unpaired) electrons. The summed E-state index contributed by atoms with van der Waals surface area (Å²) in [6.45, 7) is 88.5. The van der Waals surface area contributed by atoms with Crippen molar-refractivity contribution < 1.29 is 96.1 Å². The Hall–Kier alpha value is -0.562. The summed E-state index contributed by atoms with van der Waals surface area (Å²) in [4.78, 5) is 98.0. The number of carboxylic acids is 2. The van der Waals surface area contributed by atoms with Gasteiger partial charge in [-0.2, -0.15) is 44.3 Å². The molecule has 0 saturated carbocycles. The van der Waals surface area contributed by atoms with Gasteiger partial charge in [0, 0.05) is 26.4 Å². The van der Waals surface area contributed by atoms with Crippen molar-refractivity contribution in [2.75, 3.05) is 54.9 Å². The lowest BCUT2D eigenvalue weighted by molar-refractivity contribution is -0.148. The number of unbranched alkanes of at least 4 members (excludes halogenated alkanes) is 1. The van der Waals surface area contributed by atoms with E-state index in [1.165, 1.54) is 32.8 Å². The normalized spacial score (nSPS) is 11.9. The van der Waals surface area contributed by atoms with Gasteiger partial charge in [-0.3, -0.25) is 33.6 Å². The van der Waals surface area contributed by atoms with Crippen LogP contribution < -0.4 is 4.65 Å². The van der Waals surface area contributed by atoms with Crippen molar-refractivity contribution in [1.29, 1.82) is 0 Å². The number of esters is 6. The van der Waals surface area contributed by atoms with Crippen molar-refractivity contribution in [1.82, 2.24) is 4.65 Å². The van der Waals surface area contributed by atoms with Gasteiger partial charge in [-0.25, -0.2) is 9.59 Å². The highest BCUT2D eigenvalue weighted by atomic mass is 79.9. The van der Waals surface area contributed by atoms with E-state index in [2.05, 4.69) is 246 Å². The molecule has 0 aliphatic heterocycles. The Morgan fingerprint density at radius 1 is 0.512 bits per heavy atom. The highest BCUT2D eigenvalue weighted by Gasteiger charge is 2.35. The van der Waals surface area contributed by atoms with Crippen LogP contribution in [0.5, 0.6) is 0 Å². The molecular weight excluding hydrogens is 2100 g/mol. The smallest absolute Gasteiger partial charge is 0.330 e. The van der Waals surface area contributed by atoms with Gasteiger partial charge in [0.2, 0.25) is 8.32 Å². The third-order valence-corrected chi connectivity index (χ3v) is 28.4. The summed E-state index contributed by atoms with van der Waals surface area (Å²) in [6, 6.07) is 3.03. The van der Waals surface area contributed by atoms with E-state index in [1.54, 1.807) is 55.6 Å². The third-order valence-electron chi connectivity index (χ3n) is 12.9. The molecule has 0 aromatic rings. The second-order valence-corrected chi connectivity index (χ2v) is 81.1. The molecule has 0 fully saturated rings. The van der Waals surface area contributed by atoms with Gasteiger partial charge in [0.25, 0.3) is 0 Å². The minimum atomic E-state index is -1.93. The summed E-state index contributed by atoms with van der Waals surface area (Å²) in [7, 11) is -2.50. The van der Waals surface area contributed by atoms with Crippen LogP contribution in [0.4, 0.5) is 0 Å². The Morgan fingerprint density at radius 3 is 1.02 bits per heavy atom. The van der Waals surface area contributed by atoms with Gasteiger partial charge >= 0.3 is 53.7 Å². The maximum Gasteiger partial charge on any atom is 0.330 e. The van der Waals surface area contributed by atoms with E-state index in [0.717, 1.165) is 57.0 Å². The number of aliphatic hydroxyl groups excluding tert-OH is 1. The number of ether oxygens (including phenoxy) is 7. The first kappa shape index (κ1) is 155. The molecule has 0 saturated heterocycles. The summed E-state index contributed by atoms with van der Waals surface area (Å²) < 4.78 is 41.7. The van der Waals surface area contributed by atoms with E-state index >= 15 is 0 Å². The minimum Gasteiger partial charge on any atom is -0.519 e. The van der Waals surface area contributed by atoms with Crippen molar-refractivity contribution in [3.63, 3.8) is 0 Å². The zero-order valence-electron chi connectivity index (χ0n) is 82.5. The zero-order chi connectivity index (χ0) is 99.7. The highest BCUT2D eigenvalue weighted by Crippen LogP contribution is 2.32. The molecule has 0 bridgehead atoms. The fraction of sp³-hybridized carbons (Fsp3) is 0.795. The SMILES string of the molecule is C=CC(=O)O.C=CC(=O)OCC.C=CCCC.C=CCOC(=O)C(C)(C)Br.CC.CC(C)(Br)C(=O)OCCC[Si](C)(C)Cl.CC[Si](C)(C)Cl.CC[Si](C)(C)OC(=O)C(Br)CC(CC(C)(C)C)C(=O)OC.CO.COC(=O)C(CC(Br)C(=O)O)CC(C)(C)C.COC(C)(C)CCCOC(=O)C(C)(C)Br.C[SiH](C)Cl.C[SiH](C)Cl.C[Si](C)(C)N[Si](C)(C)C.Cl. The Balaban J connectivity index is -0.0000000801. The molecule has 0 spiro atoms. The topological polar surface area (TPSA) is 300 Å². The van der Waals surface area contributed by atoms with E-state index in [1.807, 2.05) is 74.6 Å². The Kier molecular flexibility index (Phi) is 110. The number of allylic oxidation sites excluding steroid dienone is 1. The molecular formula is C83H175Br5Cl5NO20Si7. The van der Waals surface area contributed by atoms with Crippen molar-refractivity contribution in [2.45, 2.75) is 347 Å². The lowest BCUT2D eigenvalue weighted by Gasteiger charge is -2.28. The van der Waals surface area contributed by atoms with E-state index in [-0.39, 0.29) is 95.5 Å². The second kappa shape index (κ2) is 86.2. The van der Waals surface area contributed by atoms with E-state index < -0.39 is 90.3 Å². The van der Waals surface area contributed by atoms with Crippen molar-refractivity contribution in [3.8, 4) is 0 Å². The van der Waals surface area contributed by atoms with Gasteiger partial charge < -0.3 is 57.6 Å². The van der Waals surface area contributed by atoms with E-state index in [4.69, 9.17) is 87.7 Å². The number of nitrogens with one attached hydrogen (secondary N) is 1. The number of hydrogen-bond donors (Lipinski definition) is 4. The number of carbonyl (C=O) groups excluding carboxylic acids is 7. The Labute approximate surface area is 814 Å². The molecule has 4 unspecified atom stereocenters. The second-order valence-electron chi connectivity index (χ2n) is 35.0. The minimum absolute atomic E-state index is 0. The number of aliphatic hydroxyl groups is 1. The van der Waals surface area contributed by atoms with Crippen LogP contribution in [0.15, 0.2) is 50.6 Å². The number of hydrogen-bond acceptors (Lipinski definition) is 19. The summed E-state index contributed by atoms with van der Waals surface area (Å²) in [5, 5.41) is 23.4. The monoisotopic (exact) mass is 2270 g/mol. The molecule has 0 rings (SSSR count). The molecule has 0 heterocycles. The van der Waals surface area contributed by atoms with Crippen molar-refractivity contribution >= 4 is 246 Å². The van der Waals surface area contributed by atoms with Gasteiger partial charge in [-0.15, -0.1) is 19.0 Å². The molecule has 0 aromatic carbocycles. The number of halogens is 10. The lowest BCUT2D eigenvalue weighted by atomic mass is 9.82. The average molecular weight is 2280 g/mol. The van der Waals surface area contributed by atoms with Crippen molar-refractivity contribution in [3.05, 3.63) is 50.6 Å². The zero-order valence-corrected chi connectivity index (χ0v) is 102. The molecule has 4 N–H and O–H groups in total. The number of methoxy groups -OCH3 is 3. The molecule has 0 aliphatic carbocycles. The quantitative estimate of drug-likeness (QED) is 0.00680. The Bertz CT molecular complexity index is 2620. The standard InChI is InChI=1S/C15H29BrO4Si.C11H19BrO4.C11H21BrO3.C9H18BrClO2Si.C7H11BrO2.C6H19NSi2.C5H8O2.C5H10.C4H11ClSi.C3H4O2.2C2H7ClSi.C2H6.CH4O.ClH/c1-8-21(6,7)20-14(18)12(16)9-11(13(17)19-5)10-15(2,3)4;1-11(2,3)6-7(10(15)16-4)5-8(12)9(13)14;1-10(2,14-5)7-6-8-15-9(13)11(3,4)12;1-9(2,10)8(12)13-6-5-7-14(3,4)11;1-4-5-10-6(9)7(2,3)8;1-8(2,3)7-9(4,5)6;1-3-5(6)7-4-2;1-3-5-4-2;1-4-6(2,3)5;1-2-3(4)5;2*1-4(2)3;2*1-2;/h11-12H,8-10H2,1-7H3;7-8H,5-6H2,1-4H3,(H,13,14);6-8H2,1-5H3;5-7H2,1-4H3;4H,1,5H2,2-3H3;7H,1-6H3;3H,1,4H2,2H3;3H,1,4-5H2,2H3;4H2,1-3H3;2H,1H2,(H,4,5);2*4H,1-2H3;1-2H3;2H,1H3;1H. The molecule has 730 valence electrons. The highest BCUT2D eigenvalue weighted by molar-refractivity contribution is 9.10. The van der Waals surface area contributed by atoms with Crippen LogP contribution in [0, 0.1) is 22.7 Å². The van der Waals surface area contributed by atoms with E-state index in [0.29, 0.717) is 39.1 Å². The summed E-state index contributed by atoms with van der Waals surface area (Å²) >= 11 is 38.9.